The lowest BCUT2D eigenvalue weighted by Crippen LogP contribution is -2.12. The Morgan fingerprint density at radius 2 is 1.60 bits per heavy atom. The third kappa shape index (κ3) is 1.77. The maximum absolute atomic E-state index is 2.29. The Morgan fingerprint density at radius 1 is 0.933 bits per heavy atom. The van der Waals surface area contributed by atoms with Crippen molar-refractivity contribution in [1.29, 1.82) is 0 Å². The molecule has 0 saturated carbocycles. The highest BCUT2D eigenvalue weighted by atomic mass is 14.3. The summed E-state index contributed by atoms with van der Waals surface area (Å²) < 4.78 is 0. The molecule has 0 saturated heterocycles. The van der Waals surface area contributed by atoms with Crippen LogP contribution < -0.4 is 0 Å². The fourth-order valence-electron chi connectivity index (χ4n) is 2.43. The summed E-state index contributed by atoms with van der Waals surface area (Å²) in [5.74, 6) is 0. The molecule has 0 nitrogen and oxygen atoms in total. The van der Waals surface area contributed by atoms with Crippen molar-refractivity contribution in [3.8, 4) is 11.1 Å². The first kappa shape index (κ1) is 10.2. The second-order valence-corrected chi connectivity index (χ2v) is 5.23. The zero-order valence-corrected chi connectivity index (χ0v) is 9.96. The number of aryl methyl sites for hydroxylation is 1. The Labute approximate surface area is 92.3 Å². The number of hydrogen-bond acceptors (Lipinski definition) is 0. The highest BCUT2D eigenvalue weighted by molar-refractivity contribution is 5.74. The lowest BCUT2D eigenvalue weighted by atomic mass is 9.84. The van der Waals surface area contributed by atoms with E-state index in [-0.39, 0.29) is 5.41 Å². The average molecular weight is 198 g/mol. The fourth-order valence-corrected chi connectivity index (χ4v) is 2.43. The van der Waals surface area contributed by atoms with Gasteiger partial charge >= 0.3 is 0 Å². The minimum Gasteiger partial charge on any atom is -0.0622 e. The van der Waals surface area contributed by atoms with E-state index >= 15 is 0 Å². The minimum absolute atomic E-state index is 0.222. The standard InChI is InChI=1S/C15H18/c1-11-10-12-8-6-5-7-9-13(12)14(11)15(2,3)4/h5-10H,1-4H3. The predicted molar refractivity (Wildman–Crippen MR) is 66.5 cm³/mol. The van der Waals surface area contributed by atoms with Gasteiger partial charge in [-0.1, -0.05) is 57.2 Å². The summed E-state index contributed by atoms with van der Waals surface area (Å²) in [6, 6.07) is 13.0. The van der Waals surface area contributed by atoms with E-state index in [0.29, 0.717) is 0 Å². The number of fused-ring (bicyclic) bond motifs is 1. The van der Waals surface area contributed by atoms with Crippen molar-refractivity contribution in [3.63, 3.8) is 0 Å². The third-order valence-corrected chi connectivity index (χ3v) is 2.86. The maximum Gasteiger partial charge on any atom is -0.0123 e. The molecule has 0 aromatic heterocycles. The van der Waals surface area contributed by atoms with Gasteiger partial charge in [-0.25, -0.2) is 0 Å². The highest BCUT2D eigenvalue weighted by Crippen LogP contribution is 2.38. The Balaban J connectivity index is 2.74. The van der Waals surface area contributed by atoms with Gasteiger partial charge in [-0.15, -0.1) is 0 Å². The van der Waals surface area contributed by atoms with Gasteiger partial charge in [-0.3, -0.25) is 0 Å². The SMILES string of the molecule is Cc1cc2cccccc-2c1C(C)(C)C. The molecule has 0 N–H and O–H groups in total. The van der Waals surface area contributed by atoms with Crippen LogP contribution in [0.4, 0.5) is 0 Å². The molecule has 2 rings (SSSR count). The summed E-state index contributed by atoms with van der Waals surface area (Å²) in [5, 5.41) is 0. The molecular formula is C15H18. The van der Waals surface area contributed by atoms with Crippen molar-refractivity contribution in [2.24, 2.45) is 0 Å². The van der Waals surface area contributed by atoms with Crippen LogP contribution in [-0.4, -0.2) is 0 Å². The molecule has 0 aromatic rings. The van der Waals surface area contributed by atoms with Gasteiger partial charge in [0, 0.05) is 0 Å². The van der Waals surface area contributed by atoms with E-state index in [1.807, 2.05) is 0 Å². The lowest BCUT2D eigenvalue weighted by molar-refractivity contribution is 0.590. The van der Waals surface area contributed by atoms with Gasteiger partial charge in [0.1, 0.15) is 0 Å². The van der Waals surface area contributed by atoms with Crippen LogP contribution in [0.3, 0.4) is 0 Å². The molecule has 0 unspecified atom stereocenters. The van der Waals surface area contributed by atoms with E-state index in [4.69, 9.17) is 0 Å². The molecule has 0 atom stereocenters. The van der Waals surface area contributed by atoms with E-state index in [2.05, 4.69) is 64.1 Å². The van der Waals surface area contributed by atoms with E-state index < -0.39 is 0 Å². The predicted octanol–water partition coefficient (Wildman–Crippen LogP) is 4.40. The molecule has 0 heteroatoms. The molecule has 0 bridgehead atoms. The van der Waals surface area contributed by atoms with Crippen LogP contribution in [0, 0.1) is 6.92 Å². The summed E-state index contributed by atoms with van der Waals surface area (Å²) in [7, 11) is 0. The highest BCUT2D eigenvalue weighted by Gasteiger charge is 2.22. The largest absolute Gasteiger partial charge is 0.0622 e. The third-order valence-electron chi connectivity index (χ3n) is 2.86. The van der Waals surface area contributed by atoms with E-state index in [0.717, 1.165) is 0 Å². The first-order chi connectivity index (χ1) is 7.00. The van der Waals surface area contributed by atoms with Crippen molar-refractivity contribution in [1.82, 2.24) is 0 Å². The van der Waals surface area contributed by atoms with Crippen molar-refractivity contribution < 1.29 is 0 Å². The summed E-state index contributed by atoms with van der Waals surface area (Å²) in [6.45, 7) is 9.05. The molecule has 2 aliphatic carbocycles. The first-order valence-electron chi connectivity index (χ1n) is 5.49. The normalized spacial score (nSPS) is 12.0. The molecule has 0 heterocycles. The van der Waals surface area contributed by atoms with E-state index in [1.165, 1.54) is 22.3 Å². The van der Waals surface area contributed by atoms with Gasteiger partial charge in [0.15, 0.2) is 0 Å². The van der Waals surface area contributed by atoms with Gasteiger partial charge in [-0.05, 0) is 34.6 Å². The van der Waals surface area contributed by atoms with Gasteiger partial charge in [0.25, 0.3) is 0 Å². The maximum atomic E-state index is 2.29. The Kier molecular flexibility index (Phi) is 2.30. The lowest BCUT2D eigenvalue weighted by Gasteiger charge is -2.20. The van der Waals surface area contributed by atoms with Crippen LogP contribution in [-0.2, 0) is 5.41 Å². The Bertz CT molecular complexity index is 446. The van der Waals surface area contributed by atoms with Crippen molar-refractivity contribution in [3.05, 3.63) is 47.5 Å². The number of rotatable bonds is 0. The van der Waals surface area contributed by atoms with E-state index in [9.17, 15) is 0 Å². The van der Waals surface area contributed by atoms with Crippen LogP contribution in [0.15, 0.2) is 36.4 Å². The molecular weight excluding hydrogens is 180 g/mol. The zero-order valence-electron chi connectivity index (χ0n) is 9.96. The van der Waals surface area contributed by atoms with Gasteiger partial charge in [0.05, 0.1) is 0 Å². The van der Waals surface area contributed by atoms with Crippen LogP contribution in [0.25, 0.3) is 11.1 Å². The van der Waals surface area contributed by atoms with Crippen LogP contribution in [0.5, 0.6) is 0 Å². The average Bonchev–Trinajstić information content (AvgIpc) is 2.30. The smallest absolute Gasteiger partial charge is 0.0123 e. The van der Waals surface area contributed by atoms with Gasteiger partial charge in [0.2, 0.25) is 0 Å². The quantitative estimate of drug-likeness (QED) is 0.588. The summed E-state index contributed by atoms with van der Waals surface area (Å²) >= 11 is 0. The zero-order chi connectivity index (χ0) is 11.1. The topological polar surface area (TPSA) is 0 Å². The van der Waals surface area contributed by atoms with Gasteiger partial charge < -0.3 is 0 Å². The molecule has 0 spiro atoms. The van der Waals surface area contributed by atoms with E-state index in [1.54, 1.807) is 0 Å². The molecule has 78 valence electrons. The van der Waals surface area contributed by atoms with Crippen molar-refractivity contribution >= 4 is 0 Å². The molecule has 0 aromatic carbocycles. The second-order valence-electron chi connectivity index (χ2n) is 5.23. The Hall–Kier alpha value is -1.30. The van der Waals surface area contributed by atoms with Crippen LogP contribution >= 0.6 is 0 Å². The number of hydrogen-bond donors (Lipinski definition) is 0. The fraction of sp³-hybridized carbons (Fsp3) is 0.333. The summed E-state index contributed by atoms with van der Waals surface area (Å²) in [4.78, 5) is 0. The summed E-state index contributed by atoms with van der Waals surface area (Å²) in [6.07, 6.45) is 0. The molecule has 0 fully saturated rings. The molecule has 2 aliphatic rings. The second kappa shape index (κ2) is 3.37. The Morgan fingerprint density at radius 3 is 2.27 bits per heavy atom. The first-order valence-corrected chi connectivity index (χ1v) is 5.49. The van der Waals surface area contributed by atoms with Crippen LogP contribution in [0.1, 0.15) is 31.9 Å². The van der Waals surface area contributed by atoms with Gasteiger partial charge in [-0.2, -0.15) is 0 Å². The van der Waals surface area contributed by atoms with Crippen LogP contribution in [0.2, 0.25) is 0 Å². The summed E-state index contributed by atoms with van der Waals surface area (Å²) in [5.41, 5.74) is 5.85. The monoisotopic (exact) mass is 198 g/mol. The van der Waals surface area contributed by atoms with Crippen molar-refractivity contribution in [2.45, 2.75) is 33.1 Å². The molecule has 0 amide bonds. The molecule has 0 radical (unpaired) electrons. The van der Waals surface area contributed by atoms with Crippen molar-refractivity contribution in [2.75, 3.05) is 0 Å². The molecule has 15 heavy (non-hydrogen) atoms. The molecule has 0 aliphatic heterocycles. The minimum atomic E-state index is 0.222.